The number of pyridine rings is 1. The summed E-state index contributed by atoms with van der Waals surface area (Å²) in [4.78, 5) is 10.2. The Morgan fingerprint density at radius 3 is 2.43 bits per heavy atom. The second-order valence-electron chi connectivity index (χ2n) is 7.43. The van der Waals surface area contributed by atoms with Crippen LogP contribution in [0.2, 0.25) is 0 Å². The summed E-state index contributed by atoms with van der Waals surface area (Å²) in [5.74, 6) is -0.539. The number of hydrogen-bond acceptors (Lipinski definition) is 2. The smallest absolute Gasteiger partial charge is 0.123 e. The van der Waals surface area contributed by atoms with Gasteiger partial charge >= 0.3 is 0 Å². The molecule has 0 saturated carbocycles. The van der Waals surface area contributed by atoms with Gasteiger partial charge in [0.1, 0.15) is 11.6 Å². The number of hydrogen-bond donors (Lipinski definition) is 1. The molecule has 0 aliphatic heterocycles. The Bertz CT molecular complexity index is 1160. The molecule has 0 aliphatic carbocycles. The molecule has 30 heavy (non-hydrogen) atoms. The Morgan fingerprint density at radius 1 is 1.00 bits per heavy atom. The second-order valence-corrected chi connectivity index (χ2v) is 7.43. The zero-order valence-electron chi connectivity index (χ0n) is 17.1. The molecule has 4 aromatic rings. The van der Waals surface area contributed by atoms with Gasteiger partial charge in [0, 0.05) is 30.0 Å². The number of nitrogens with zero attached hydrogens (tertiary/aromatic N) is 2. The number of anilines is 1. The summed E-state index contributed by atoms with van der Waals surface area (Å²) in [6, 6.07) is 14.9. The van der Waals surface area contributed by atoms with Crippen molar-refractivity contribution in [3.8, 4) is 0 Å². The average Bonchev–Trinajstić information content (AvgIpc) is 3.01. The Hall–Kier alpha value is -2.92. The van der Waals surface area contributed by atoms with Crippen molar-refractivity contribution in [1.82, 2.24) is 9.97 Å². The van der Waals surface area contributed by atoms with Crippen LogP contribution in [0.25, 0.3) is 10.9 Å². The van der Waals surface area contributed by atoms with Gasteiger partial charge in [-0.1, -0.05) is 12.1 Å². The standard InChI is InChI=1S/C24H23F2N3.ClH/c1-15-16(2)28-23-21(15)11-12-27-24(23)22(14-17-5-4-6-19(26)13-17)29(3)20-9-7-18(25)8-10-20;/h4-13,22,28H,14H2,1-3H3;1H. The molecule has 156 valence electrons. The highest BCUT2D eigenvalue weighted by molar-refractivity contribution is 5.86. The van der Waals surface area contributed by atoms with Gasteiger partial charge in [-0.25, -0.2) is 8.78 Å². The van der Waals surface area contributed by atoms with Gasteiger partial charge < -0.3 is 9.88 Å². The van der Waals surface area contributed by atoms with Crippen LogP contribution in [0.4, 0.5) is 14.5 Å². The van der Waals surface area contributed by atoms with Crippen molar-refractivity contribution in [2.45, 2.75) is 26.3 Å². The quantitative estimate of drug-likeness (QED) is 0.405. The van der Waals surface area contributed by atoms with Gasteiger partial charge in [0.2, 0.25) is 0 Å². The summed E-state index contributed by atoms with van der Waals surface area (Å²) in [6.45, 7) is 4.13. The van der Waals surface area contributed by atoms with E-state index in [9.17, 15) is 8.78 Å². The first kappa shape index (κ1) is 21.8. The molecule has 2 aromatic carbocycles. The van der Waals surface area contributed by atoms with Crippen molar-refractivity contribution in [3.63, 3.8) is 0 Å². The molecule has 0 amide bonds. The predicted molar refractivity (Wildman–Crippen MR) is 120 cm³/mol. The van der Waals surface area contributed by atoms with E-state index in [1.54, 1.807) is 24.3 Å². The zero-order valence-corrected chi connectivity index (χ0v) is 17.9. The molecule has 0 saturated heterocycles. The molecule has 0 fully saturated rings. The number of fused-ring (bicyclic) bond motifs is 1. The molecule has 2 heterocycles. The summed E-state index contributed by atoms with van der Waals surface area (Å²) < 4.78 is 27.3. The van der Waals surface area contributed by atoms with E-state index in [2.05, 4.69) is 16.8 Å². The number of aromatic amines is 1. The molecule has 0 aliphatic rings. The first-order chi connectivity index (χ1) is 13.9. The first-order valence-electron chi connectivity index (χ1n) is 9.60. The number of nitrogens with one attached hydrogen (secondary N) is 1. The minimum Gasteiger partial charge on any atom is -0.366 e. The lowest BCUT2D eigenvalue weighted by atomic mass is 9.99. The molecule has 1 unspecified atom stereocenters. The number of likely N-dealkylation sites (N-methyl/N-ethyl adjacent to an activating group) is 1. The topological polar surface area (TPSA) is 31.9 Å². The number of halogens is 3. The van der Waals surface area contributed by atoms with Gasteiger partial charge in [-0.05, 0) is 73.9 Å². The summed E-state index contributed by atoms with van der Waals surface area (Å²) in [5.41, 5.74) is 5.91. The highest BCUT2D eigenvalue weighted by atomic mass is 35.5. The second kappa shape index (κ2) is 8.84. The summed E-state index contributed by atoms with van der Waals surface area (Å²) in [5, 5.41) is 1.13. The van der Waals surface area contributed by atoms with E-state index < -0.39 is 0 Å². The van der Waals surface area contributed by atoms with Gasteiger partial charge in [-0.15, -0.1) is 12.4 Å². The van der Waals surface area contributed by atoms with Crippen molar-refractivity contribution in [2.75, 3.05) is 11.9 Å². The number of benzene rings is 2. The van der Waals surface area contributed by atoms with E-state index in [1.807, 2.05) is 32.3 Å². The fraction of sp³-hybridized carbons (Fsp3) is 0.208. The molecule has 6 heteroatoms. The zero-order chi connectivity index (χ0) is 20.5. The Balaban J connectivity index is 0.00000256. The highest BCUT2D eigenvalue weighted by Gasteiger charge is 2.24. The Morgan fingerprint density at radius 2 is 1.73 bits per heavy atom. The maximum atomic E-state index is 13.8. The van der Waals surface area contributed by atoms with Crippen LogP contribution < -0.4 is 4.90 Å². The number of rotatable bonds is 5. The van der Waals surface area contributed by atoms with E-state index in [4.69, 9.17) is 4.98 Å². The van der Waals surface area contributed by atoms with Gasteiger partial charge in [0.25, 0.3) is 0 Å². The van der Waals surface area contributed by atoms with Crippen LogP contribution in [0.1, 0.15) is 28.6 Å². The summed E-state index contributed by atoms with van der Waals surface area (Å²) in [7, 11) is 1.96. The van der Waals surface area contributed by atoms with Crippen LogP contribution in [0.15, 0.2) is 60.8 Å². The normalized spacial score (nSPS) is 11.9. The molecule has 1 N–H and O–H groups in total. The third-order valence-corrected chi connectivity index (χ3v) is 5.59. The van der Waals surface area contributed by atoms with Gasteiger partial charge in [-0.2, -0.15) is 0 Å². The molecule has 0 radical (unpaired) electrons. The largest absolute Gasteiger partial charge is 0.366 e. The number of H-pyrrole nitrogens is 1. The van der Waals surface area contributed by atoms with Crippen molar-refractivity contribution in [2.24, 2.45) is 0 Å². The lowest BCUT2D eigenvalue weighted by Gasteiger charge is -2.30. The van der Waals surface area contributed by atoms with Gasteiger partial charge in [0.15, 0.2) is 0 Å². The highest BCUT2D eigenvalue weighted by Crippen LogP contribution is 2.33. The van der Waals surface area contributed by atoms with Crippen molar-refractivity contribution in [3.05, 3.63) is 94.9 Å². The van der Waals surface area contributed by atoms with E-state index in [-0.39, 0.29) is 30.1 Å². The van der Waals surface area contributed by atoms with E-state index in [0.717, 1.165) is 33.5 Å². The fourth-order valence-electron chi connectivity index (χ4n) is 3.82. The minimum absolute atomic E-state index is 0. The van der Waals surface area contributed by atoms with E-state index in [0.29, 0.717) is 6.42 Å². The maximum absolute atomic E-state index is 13.8. The third kappa shape index (κ3) is 4.17. The van der Waals surface area contributed by atoms with E-state index >= 15 is 0 Å². The Labute approximate surface area is 181 Å². The average molecular weight is 428 g/mol. The molecule has 0 spiro atoms. The number of aromatic nitrogens is 2. The summed E-state index contributed by atoms with van der Waals surface area (Å²) >= 11 is 0. The molecule has 3 nitrogen and oxygen atoms in total. The molecule has 4 rings (SSSR count). The molecular formula is C24H24ClF2N3. The third-order valence-electron chi connectivity index (χ3n) is 5.59. The van der Waals surface area contributed by atoms with Crippen LogP contribution in [-0.2, 0) is 6.42 Å². The maximum Gasteiger partial charge on any atom is 0.123 e. The van der Waals surface area contributed by atoms with Crippen LogP contribution in [-0.4, -0.2) is 17.0 Å². The monoisotopic (exact) mass is 427 g/mol. The molecular weight excluding hydrogens is 404 g/mol. The van der Waals surface area contributed by atoms with Crippen molar-refractivity contribution < 1.29 is 8.78 Å². The van der Waals surface area contributed by atoms with Crippen molar-refractivity contribution in [1.29, 1.82) is 0 Å². The summed E-state index contributed by atoms with van der Waals surface area (Å²) in [6.07, 6.45) is 2.38. The van der Waals surface area contributed by atoms with Crippen LogP contribution in [0.5, 0.6) is 0 Å². The van der Waals surface area contributed by atoms with Crippen LogP contribution in [0.3, 0.4) is 0 Å². The van der Waals surface area contributed by atoms with Gasteiger partial charge in [-0.3, -0.25) is 4.98 Å². The van der Waals surface area contributed by atoms with Crippen LogP contribution in [0, 0.1) is 25.5 Å². The predicted octanol–water partition coefficient (Wildman–Crippen LogP) is 6.30. The Kier molecular flexibility index (Phi) is 6.42. The SMILES string of the molecule is Cc1[nH]c2c(C(Cc3cccc(F)c3)N(C)c3ccc(F)cc3)nccc2c1C.Cl. The molecule has 1 atom stereocenters. The lowest BCUT2D eigenvalue weighted by molar-refractivity contribution is 0.613. The minimum atomic E-state index is -0.278. The van der Waals surface area contributed by atoms with Crippen LogP contribution >= 0.6 is 12.4 Å². The molecule has 0 bridgehead atoms. The lowest BCUT2D eigenvalue weighted by Crippen LogP contribution is -2.27. The van der Waals surface area contributed by atoms with E-state index in [1.165, 1.54) is 23.8 Å². The van der Waals surface area contributed by atoms with Crippen molar-refractivity contribution >= 4 is 29.0 Å². The van der Waals surface area contributed by atoms with Gasteiger partial charge in [0.05, 0.1) is 17.3 Å². The fourth-order valence-corrected chi connectivity index (χ4v) is 3.82. The number of aryl methyl sites for hydroxylation is 2. The molecule has 2 aromatic heterocycles. The first-order valence-corrected chi connectivity index (χ1v) is 9.60.